The summed E-state index contributed by atoms with van der Waals surface area (Å²) in [6.45, 7) is 1.21. The second-order valence-corrected chi connectivity index (χ2v) is 3.62. The molecule has 1 aromatic heterocycles. The lowest BCUT2D eigenvalue weighted by Gasteiger charge is -2.19. The number of carbonyl (C=O) groups is 2. The number of carbonyl (C=O) groups excluding carboxylic acids is 1. The molecule has 0 bridgehead atoms. The van der Waals surface area contributed by atoms with Crippen LogP contribution in [0.2, 0.25) is 0 Å². The minimum Gasteiger partial charge on any atom is -0.480 e. The summed E-state index contributed by atoms with van der Waals surface area (Å²) in [5.74, 6) is -1.17. The lowest BCUT2D eigenvalue weighted by Crippen LogP contribution is -2.45. The summed E-state index contributed by atoms with van der Waals surface area (Å²) in [6, 6.07) is 6.91. The van der Waals surface area contributed by atoms with Gasteiger partial charge in [0.15, 0.2) is 0 Å². The van der Waals surface area contributed by atoms with Crippen LogP contribution in [0.25, 0.3) is 11.0 Å². The Balaban J connectivity index is 2.42. The molecule has 100 valence electrons. The molecule has 0 unspecified atom stereocenters. The molecule has 1 aromatic carbocycles. The molecule has 2 aromatic rings. The molecule has 0 spiro atoms. The number of fused-ring (bicyclic) bond motifs is 1. The third-order valence-corrected chi connectivity index (χ3v) is 2.33. The van der Waals surface area contributed by atoms with Crippen LogP contribution in [-0.2, 0) is 9.53 Å². The van der Waals surface area contributed by atoms with E-state index in [9.17, 15) is 9.59 Å². The Morgan fingerprint density at radius 2 is 2.16 bits per heavy atom. The largest absolute Gasteiger partial charge is 0.480 e. The molecule has 0 fully saturated rings. The molecule has 0 saturated carbocycles. The van der Waals surface area contributed by atoms with Crippen LogP contribution in [0.15, 0.2) is 24.3 Å². The molecule has 0 saturated heterocycles. The number of hydrogen-bond donors (Lipinski definition) is 1. The molecule has 1 amide bonds. The molecule has 8 nitrogen and oxygen atoms in total. The molecule has 8 heteroatoms. The van der Waals surface area contributed by atoms with Crippen molar-refractivity contribution in [3.05, 3.63) is 24.3 Å². The van der Waals surface area contributed by atoms with Crippen molar-refractivity contribution in [1.82, 2.24) is 15.1 Å². The first-order chi connectivity index (χ1) is 9.13. The van der Waals surface area contributed by atoms with E-state index in [1.807, 2.05) is 0 Å². The van der Waals surface area contributed by atoms with Crippen LogP contribution in [0, 0.1) is 0 Å². The Morgan fingerprint density at radius 1 is 1.42 bits per heavy atom. The topological polar surface area (TPSA) is 97.6 Å². The van der Waals surface area contributed by atoms with Gasteiger partial charge in [0.1, 0.15) is 17.6 Å². The van der Waals surface area contributed by atoms with Gasteiger partial charge in [0.05, 0.1) is 6.61 Å². The van der Waals surface area contributed by atoms with Crippen molar-refractivity contribution in [2.75, 3.05) is 18.2 Å². The quantitative estimate of drug-likeness (QED) is 0.868. The zero-order chi connectivity index (χ0) is 13.8. The van der Waals surface area contributed by atoms with E-state index in [-0.39, 0.29) is 6.61 Å². The van der Waals surface area contributed by atoms with Crippen molar-refractivity contribution in [2.45, 2.75) is 6.92 Å². The molecular weight excluding hydrogens is 252 g/mol. The van der Waals surface area contributed by atoms with Gasteiger partial charge in [0, 0.05) is 0 Å². The minimum absolute atomic E-state index is 0.140. The van der Waals surface area contributed by atoms with Crippen molar-refractivity contribution >= 4 is 23.1 Å². The average molecular weight is 264 g/mol. The fourth-order valence-electron chi connectivity index (χ4n) is 1.57. The zero-order valence-corrected chi connectivity index (χ0v) is 10.2. The van der Waals surface area contributed by atoms with E-state index in [0.29, 0.717) is 11.0 Å². The van der Waals surface area contributed by atoms with Gasteiger partial charge >= 0.3 is 12.1 Å². The maximum atomic E-state index is 11.8. The van der Waals surface area contributed by atoms with Crippen LogP contribution in [0.3, 0.4) is 0 Å². The summed E-state index contributed by atoms with van der Waals surface area (Å²) in [6.07, 6.45) is -0.791. The molecule has 0 aliphatic heterocycles. The highest BCUT2D eigenvalue weighted by Gasteiger charge is 2.22. The van der Waals surface area contributed by atoms with Gasteiger partial charge in [-0.1, -0.05) is 12.1 Å². The van der Waals surface area contributed by atoms with Crippen molar-refractivity contribution in [1.29, 1.82) is 0 Å². The van der Waals surface area contributed by atoms with Crippen LogP contribution in [0.5, 0.6) is 0 Å². The molecule has 0 radical (unpaired) electrons. The molecule has 1 N–H and O–H groups in total. The molecule has 0 aliphatic carbocycles. The Kier molecular flexibility index (Phi) is 3.60. The van der Waals surface area contributed by atoms with Crippen LogP contribution in [0.1, 0.15) is 6.92 Å². The Morgan fingerprint density at radius 3 is 2.84 bits per heavy atom. The Labute approximate surface area is 108 Å². The Bertz CT molecular complexity index is 610. The predicted octanol–water partition coefficient (Wildman–Crippen LogP) is 0.610. The number of carboxylic acid groups (broad SMARTS) is 1. The third kappa shape index (κ3) is 2.62. The van der Waals surface area contributed by atoms with Gasteiger partial charge < -0.3 is 9.84 Å². The highest BCUT2D eigenvalue weighted by molar-refractivity contribution is 5.87. The first kappa shape index (κ1) is 12.8. The number of carboxylic acids is 1. The number of ether oxygens (including phenoxy) is 1. The van der Waals surface area contributed by atoms with E-state index in [1.54, 1.807) is 31.2 Å². The van der Waals surface area contributed by atoms with Gasteiger partial charge in [-0.2, -0.15) is 5.01 Å². The third-order valence-electron chi connectivity index (χ3n) is 2.33. The standard InChI is InChI=1S/C11H12N4O4/c1-2-19-11(18)14(7-10(16)17)15-9-6-4-3-5-8(9)12-13-15/h3-6H,2,7H2,1H3,(H,16,17). The number of benzene rings is 1. The fraction of sp³-hybridized carbons (Fsp3) is 0.273. The van der Waals surface area contributed by atoms with Crippen molar-refractivity contribution in [3.8, 4) is 0 Å². The first-order valence-corrected chi connectivity index (χ1v) is 5.60. The molecular formula is C11H12N4O4. The van der Waals surface area contributed by atoms with Gasteiger partial charge in [-0.3, -0.25) is 4.79 Å². The van der Waals surface area contributed by atoms with Crippen LogP contribution in [-0.4, -0.2) is 45.4 Å². The van der Waals surface area contributed by atoms with Gasteiger partial charge in [-0.05, 0) is 24.3 Å². The normalized spacial score (nSPS) is 10.4. The summed E-state index contributed by atoms with van der Waals surface area (Å²) in [7, 11) is 0. The monoisotopic (exact) mass is 264 g/mol. The number of rotatable bonds is 4. The molecule has 19 heavy (non-hydrogen) atoms. The number of nitrogens with zero attached hydrogens (tertiary/aromatic N) is 4. The first-order valence-electron chi connectivity index (χ1n) is 5.60. The molecule has 0 aliphatic rings. The predicted molar refractivity (Wildman–Crippen MR) is 65.3 cm³/mol. The smallest absolute Gasteiger partial charge is 0.430 e. The minimum atomic E-state index is -1.17. The van der Waals surface area contributed by atoms with E-state index >= 15 is 0 Å². The number of aromatic nitrogens is 3. The highest BCUT2D eigenvalue weighted by atomic mass is 16.6. The highest BCUT2D eigenvalue weighted by Crippen LogP contribution is 2.10. The Hall–Kier alpha value is -2.64. The number of aliphatic carboxylic acids is 1. The van der Waals surface area contributed by atoms with Gasteiger partial charge in [0.2, 0.25) is 0 Å². The van der Waals surface area contributed by atoms with Crippen LogP contribution >= 0.6 is 0 Å². The lowest BCUT2D eigenvalue weighted by molar-refractivity contribution is -0.135. The van der Waals surface area contributed by atoms with Gasteiger partial charge in [-0.15, -0.1) is 9.89 Å². The summed E-state index contributed by atoms with van der Waals surface area (Å²) >= 11 is 0. The molecule has 2 rings (SSSR count). The van der Waals surface area contributed by atoms with Crippen LogP contribution in [0.4, 0.5) is 4.79 Å². The fourth-order valence-corrected chi connectivity index (χ4v) is 1.57. The van der Waals surface area contributed by atoms with Crippen molar-refractivity contribution < 1.29 is 19.4 Å². The molecule has 0 atom stereocenters. The maximum Gasteiger partial charge on any atom is 0.430 e. The van der Waals surface area contributed by atoms with E-state index in [0.717, 1.165) is 9.80 Å². The number of hydrogen-bond acceptors (Lipinski definition) is 5. The zero-order valence-electron chi connectivity index (χ0n) is 10.2. The van der Waals surface area contributed by atoms with E-state index in [2.05, 4.69) is 10.3 Å². The van der Waals surface area contributed by atoms with Gasteiger partial charge in [-0.25, -0.2) is 4.79 Å². The van der Waals surface area contributed by atoms with E-state index < -0.39 is 18.6 Å². The van der Waals surface area contributed by atoms with Gasteiger partial charge in [0.25, 0.3) is 0 Å². The molecule has 1 heterocycles. The summed E-state index contributed by atoms with van der Waals surface area (Å²) < 4.78 is 4.81. The second kappa shape index (κ2) is 5.34. The summed E-state index contributed by atoms with van der Waals surface area (Å²) in [4.78, 5) is 23.7. The average Bonchev–Trinajstić information content (AvgIpc) is 2.79. The maximum absolute atomic E-state index is 11.8. The lowest BCUT2D eigenvalue weighted by atomic mass is 10.3. The van der Waals surface area contributed by atoms with Crippen LogP contribution < -0.4 is 5.01 Å². The summed E-state index contributed by atoms with van der Waals surface area (Å²) in [5, 5.41) is 17.4. The number of para-hydroxylation sites is 1. The van der Waals surface area contributed by atoms with Crippen molar-refractivity contribution in [2.24, 2.45) is 0 Å². The number of amides is 1. The second-order valence-electron chi connectivity index (χ2n) is 3.62. The van der Waals surface area contributed by atoms with E-state index in [4.69, 9.17) is 9.84 Å². The SMILES string of the molecule is CCOC(=O)N(CC(=O)O)n1nnc2ccccc21. The van der Waals surface area contributed by atoms with E-state index in [1.165, 1.54) is 0 Å². The summed E-state index contributed by atoms with van der Waals surface area (Å²) in [5.41, 5.74) is 1.08. The van der Waals surface area contributed by atoms with Crippen molar-refractivity contribution in [3.63, 3.8) is 0 Å².